The van der Waals surface area contributed by atoms with Gasteiger partial charge >= 0.3 is 5.97 Å². The molecule has 0 atom stereocenters. The lowest BCUT2D eigenvalue weighted by Gasteiger charge is -2.05. The summed E-state index contributed by atoms with van der Waals surface area (Å²) in [5.41, 5.74) is 3.15. The molecule has 0 aliphatic rings. The topological polar surface area (TPSA) is 102 Å². The van der Waals surface area contributed by atoms with E-state index >= 15 is 0 Å². The number of benzene rings is 2. The minimum Gasteiger partial charge on any atom is -0.465 e. The summed E-state index contributed by atoms with van der Waals surface area (Å²) < 4.78 is 28.2. The lowest BCUT2D eigenvalue weighted by Crippen LogP contribution is -2.05. The Balaban J connectivity index is 1.86. The number of esters is 1. The summed E-state index contributed by atoms with van der Waals surface area (Å²) in [5.74, 6) is -0.594. The van der Waals surface area contributed by atoms with Crippen LogP contribution in [0.2, 0.25) is 0 Å². The van der Waals surface area contributed by atoms with Gasteiger partial charge in [0.25, 0.3) is 0 Å². The van der Waals surface area contributed by atoms with Crippen LogP contribution in [0.5, 0.6) is 0 Å². The van der Waals surface area contributed by atoms with Crippen LogP contribution in [-0.2, 0) is 32.2 Å². The standard InChI is InChI=1S/C22H22N2O5S2/c1-14(25)23-22-24-19(13-6-15-4-7-17(8-5-15)21(26)29-2)20(30-22)16-9-11-18(12-10-16)31(3,27)28/h4-5,7-12H,6,13H2,1-3H3,(H,23,24,25). The fourth-order valence-electron chi connectivity index (χ4n) is 2.99. The van der Waals surface area contributed by atoms with E-state index in [0.29, 0.717) is 23.5 Å². The number of thiazole rings is 1. The molecule has 0 saturated heterocycles. The van der Waals surface area contributed by atoms with Crippen molar-refractivity contribution in [3.63, 3.8) is 0 Å². The number of aryl methyl sites for hydroxylation is 2. The molecule has 0 bridgehead atoms. The number of aromatic nitrogens is 1. The molecule has 0 spiro atoms. The summed E-state index contributed by atoms with van der Waals surface area (Å²) in [7, 11) is -1.94. The first-order chi connectivity index (χ1) is 14.7. The van der Waals surface area contributed by atoms with Crippen LogP contribution >= 0.6 is 11.3 Å². The van der Waals surface area contributed by atoms with Crippen LogP contribution in [-0.4, -0.2) is 38.6 Å². The molecule has 3 aromatic rings. The number of carbonyl (C=O) groups excluding carboxylic acids is 2. The molecule has 0 aliphatic heterocycles. The highest BCUT2D eigenvalue weighted by molar-refractivity contribution is 7.90. The van der Waals surface area contributed by atoms with E-state index < -0.39 is 9.84 Å². The van der Waals surface area contributed by atoms with Gasteiger partial charge in [-0.05, 0) is 48.2 Å². The minimum absolute atomic E-state index is 0.210. The Kier molecular flexibility index (Phi) is 6.87. The van der Waals surface area contributed by atoms with Crippen LogP contribution in [0, 0.1) is 0 Å². The average Bonchev–Trinajstić information content (AvgIpc) is 3.13. The molecule has 0 unspecified atom stereocenters. The smallest absolute Gasteiger partial charge is 0.337 e. The van der Waals surface area contributed by atoms with Crippen LogP contribution in [0.1, 0.15) is 28.5 Å². The van der Waals surface area contributed by atoms with Gasteiger partial charge in [-0.15, -0.1) is 0 Å². The maximum atomic E-state index is 11.7. The van der Waals surface area contributed by atoms with E-state index in [2.05, 4.69) is 10.3 Å². The average molecular weight is 459 g/mol. The highest BCUT2D eigenvalue weighted by Crippen LogP contribution is 2.34. The first kappa shape index (κ1) is 22.6. The van der Waals surface area contributed by atoms with Crippen molar-refractivity contribution in [2.75, 3.05) is 18.7 Å². The third-order valence-electron chi connectivity index (χ3n) is 4.55. The molecule has 1 heterocycles. The summed E-state index contributed by atoms with van der Waals surface area (Å²) in [4.78, 5) is 28.7. The summed E-state index contributed by atoms with van der Waals surface area (Å²) in [5, 5.41) is 3.21. The van der Waals surface area contributed by atoms with E-state index in [1.54, 1.807) is 36.4 Å². The second-order valence-electron chi connectivity index (χ2n) is 6.96. The van der Waals surface area contributed by atoms with Crippen molar-refractivity contribution in [2.45, 2.75) is 24.7 Å². The van der Waals surface area contributed by atoms with Gasteiger partial charge in [0.1, 0.15) is 0 Å². The van der Waals surface area contributed by atoms with Crippen LogP contribution in [0.4, 0.5) is 5.13 Å². The second-order valence-corrected chi connectivity index (χ2v) is 9.98. The van der Waals surface area contributed by atoms with Gasteiger partial charge in [0.2, 0.25) is 5.91 Å². The molecular weight excluding hydrogens is 436 g/mol. The first-order valence-electron chi connectivity index (χ1n) is 9.42. The normalized spacial score (nSPS) is 11.2. The number of carbonyl (C=O) groups is 2. The Labute approximate surface area is 185 Å². The van der Waals surface area contributed by atoms with Crippen molar-refractivity contribution < 1.29 is 22.7 Å². The molecule has 0 radical (unpaired) electrons. The zero-order chi connectivity index (χ0) is 22.6. The number of rotatable bonds is 7. The Hall–Kier alpha value is -3.04. The minimum atomic E-state index is -3.28. The van der Waals surface area contributed by atoms with Crippen molar-refractivity contribution in [3.05, 3.63) is 65.4 Å². The number of hydrogen-bond donors (Lipinski definition) is 1. The summed E-state index contributed by atoms with van der Waals surface area (Å²) in [6, 6.07) is 13.8. The van der Waals surface area contributed by atoms with E-state index in [1.165, 1.54) is 31.6 Å². The van der Waals surface area contributed by atoms with E-state index in [0.717, 1.165) is 21.7 Å². The quantitative estimate of drug-likeness (QED) is 0.541. The number of anilines is 1. The third kappa shape index (κ3) is 5.77. The van der Waals surface area contributed by atoms with Crippen LogP contribution in [0.3, 0.4) is 0 Å². The number of nitrogens with zero attached hydrogens (tertiary/aromatic N) is 1. The van der Waals surface area contributed by atoms with Gasteiger partial charge in [0.15, 0.2) is 15.0 Å². The van der Waals surface area contributed by atoms with E-state index in [4.69, 9.17) is 4.74 Å². The van der Waals surface area contributed by atoms with Crippen molar-refractivity contribution >= 4 is 38.2 Å². The molecule has 1 N–H and O–H groups in total. The molecule has 7 nitrogen and oxygen atoms in total. The van der Waals surface area contributed by atoms with E-state index in [1.807, 2.05) is 12.1 Å². The van der Waals surface area contributed by atoms with Crippen molar-refractivity contribution in [1.29, 1.82) is 0 Å². The summed E-state index contributed by atoms with van der Waals surface area (Å²) in [6.45, 7) is 1.42. The molecule has 31 heavy (non-hydrogen) atoms. The Bertz CT molecular complexity index is 1200. The third-order valence-corrected chi connectivity index (χ3v) is 6.74. The molecule has 2 aromatic carbocycles. The van der Waals surface area contributed by atoms with Gasteiger partial charge in [-0.25, -0.2) is 18.2 Å². The molecule has 1 aromatic heterocycles. The van der Waals surface area contributed by atoms with Crippen molar-refractivity contribution in [2.24, 2.45) is 0 Å². The number of amides is 1. The molecule has 0 fully saturated rings. The zero-order valence-electron chi connectivity index (χ0n) is 17.3. The van der Waals surface area contributed by atoms with Gasteiger partial charge in [0.05, 0.1) is 28.1 Å². The molecular formula is C22H22N2O5S2. The number of ether oxygens (including phenoxy) is 1. The molecule has 0 saturated carbocycles. The van der Waals surface area contributed by atoms with Gasteiger partial charge < -0.3 is 10.1 Å². The maximum absolute atomic E-state index is 11.7. The largest absolute Gasteiger partial charge is 0.465 e. The number of sulfone groups is 1. The molecule has 162 valence electrons. The van der Waals surface area contributed by atoms with Gasteiger partial charge in [0, 0.05) is 13.2 Å². The predicted molar refractivity (Wildman–Crippen MR) is 120 cm³/mol. The molecule has 3 rings (SSSR count). The van der Waals surface area contributed by atoms with Crippen LogP contribution in [0.25, 0.3) is 10.4 Å². The maximum Gasteiger partial charge on any atom is 0.337 e. The highest BCUT2D eigenvalue weighted by atomic mass is 32.2. The monoisotopic (exact) mass is 458 g/mol. The van der Waals surface area contributed by atoms with Crippen LogP contribution < -0.4 is 5.32 Å². The number of methoxy groups -OCH3 is 1. The summed E-state index contributed by atoms with van der Waals surface area (Å²) in [6.07, 6.45) is 2.45. The van der Waals surface area contributed by atoms with Gasteiger partial charge in [-0.2, -0.15) is 0 Å². The molecule has 9 heteroatoms. The van der Waals surface area contributed by atoms with Gasteiger partial charge in [-0.1, -0.05) is 35.6 Å². The zero-order valence-corrected chi connectivity index (χ0v) is 19.0. The molecule has 1 amide bonds. The Morgan fingerprint density at radius 3 is 2.23 bits per heavy atom. The summed E-state index contributed by atoms with van der Waals surface area (Å²) >= 11 is 1.35. The highest BCUT2D eigenvalue weighted by Gasteiger charge is 2.16. The van der Waals surface area contributed by atoms with Crippen LogP contribution in [0.15, 0.2) is 53.4 Å². The Morgan fingerprint density at radius 1 is 1.03 bits per heavy atom. The second kappa shape index (κ2) is 9.40. The molecule has 0 aliphatic carbocycles. The lowest BCUT2D eigenvalue weighted by molar-refractivity contribution is -0.114. The van der Waals surface area contributed by atoms with E-state index in [-0.39, 0.29) is 16.8 Å². The first-order valence-corrected chi connectivity index (χ1v) is 12.1. The van der Waals surface area contributed by atoms with Crippen molar-refractivity contribution in [3.8, 4) is 10.4 Å². The fraction of sp³-hybridized carbons (Fsp3) is 0.227. The predicted octanol–water partition coefficient (Wildman–Crippen LogP) is 3.74. The number of hydrogen-bond acceptors (Lipinski definition) is 7. The van der Waals surface area contributed by atoms with Gasteiger partial charge in [-0.3, -0.25) is 4.79 Å². The SMILES string of the molecule is COC(=O)c1ccc(CCc2nc(NC(C)=O)sc2-c2ccc(S(C)(=O)=O)cc2)cc1. The lowest BCUT2D eigenvalue weighted by atomic mass is 10.0. The Morgan fingerprint density at radius 2 is 1.68 bits per heavy atom. The fourth-order valence-corrected chi connectivity index (χ4v) is 4.69. The van der Waals surface area contributed by atoms with E-state index in [9.17, 15) is 18.0 Å². The number of nitrogens with one attached hydrogen (secondary N) is 1. The van der Waals surface area contributed by atoms with Crippen molar-refractivity contribution in [1.82, 2.24) is 4.98 Å².